The average Bonchev–Trinajstić information content (AvgIpc) is 2.76. The molecular formula is C26H34N2O4. The number of rotatable bonds is 10. The predicted octanol–water partition coefficient (Wildman–Crippen LogP) is 3.96. The molecule has 0 saturated heterocycles. The van der Waals surface area contributed by atoms with Crippen molar-refractivity contribution in [2.45, 2.75) is 58.1 Å². The van der Waals surface area contributed by atoms with E-state index >= 15 is 0 Å². The van der Waals surface area contributed by atoms with Crippen molar-refractivity contribution in [3.63, 3.8) is 0 Å². The molecule has 0 heterocycles. The van der Waals surface area contributed by atoms with E-state index in [0.717, 1.165) is 12.8 Å². The Morgan fingerprint density at radius 3 is 2.06 bits per heavy atom. The van der Waals surface area contributed by atoms with Crippen LogP contribution in [0, 0.1) is 5.92 Å². The summed E-state index contributed by atoms with van der Waals surface area (Å²) >= 11 is 0. The minimum Gasteiger partial charge on any atom is -0.460 e. The van der Waals surface area contributed by atoms with Crippen LogP contribution >= 0.6 is 0 Å². The Balaban J connectivity index is 2.12. The number of nitrogens with one attached hydrogen (secondary N) is 2. The molecule has 0 saturated carbocycles. The number of carbonyl (C=O) groups excluding carboxylic acids is 3. The Bertz CT molecular complexity index is 876. The summed E-state index contributed by atoms with van der Waals surface area (Å²) in [6, 6.07) is 18.2. The first-order chi connectivity index (χ1) is 15.2. The van der Waals surface area contributed by atoms with Crippen LogP contribution in [0.1, 0.15) is 57.2 Å². The summed E-state index contributed by atoms with van der Waals surface area (Å²) in [5.74, 6) is -1.66. The molecule has 2 amide bonds. The van der Waals surface area contributed by atoms with Gasteiger partial charge in [0.25, 0.3) is 0 Å². The van der Waals surface area contributed by atoms with Gasteiger partial charge in [0.15, 0.2) is 0 Å². The van der Waals surface area contributed by atoms with Crippen molar-refractivity contribution >= 4 is 17.8 Å². The van der Waals surface area contributed by atoms with E-state index in [0.29, 0.717) is 12.0 Å². The van der Waals surface area contributed by atoms with E-state index in [4.69, 9.17) is 4.74 Å². The maximum absolute atomic E-state index is 13.2. The van der Waals surface area contributed by atoms with Crippen LogP contribution in [0.15, 0.2) is 60.7 Å². The van der Waals surface area contributed by atoms with E-state index in [9.17, 15) is 14.4 Å². The maximum atomic E-state index is 13.2. The first-order valence-corrected chi connectivity index (χ1v) is 11.0. The number of esters is 1. The molecule has 0 bridgehead atoms. The van der Waals surface area contributed by atoms with Gasteiger partial charge in [-0.1, -0.05) is 60.7 Å². The van der Waals surface area contributed by atoms with Gasteiger partial charge in [-0.3, -0.25) is 14.4 Å². The number of hydrogen-bond acceptors (Lipinski definition) is 4. The first kappa shape index (κ1) is 25.1. The van der Waals surface area contributed by atoms with Crippen molar-refractivity contribution in [2.24, 2.45) is 5.92 Å². The Morgan fingerprint density at radius 2 is 1.50 bits per heavy atom. The lowest BCUT2D eigenvalue weighted by Crippen LogP contribution is -2.42. The normalized spacial score (nSPS) is 13.0. The van der Waals surface area contributed by atoms with Gasteiger partial charge in [-0.25, -0.2) is 0 Å². The summed E-state index contributed by atoms with van der Waals surface area (Å²) in [4.78, 5) is 38.1. The summed E-state index contributed by atoms with van der Waals surface area (Å²) < 4.78 is 5.44. The fraction of sp³-hybridized carbons (Fsp3) is 0.423. The molecule has 2 atom stereocenters. The Labute approximate surface area is 190 Å². The van der Waals surface area contributed by atoms with Gasteiger partial charge in [0.2, 0.25) is 11.8 Å². The smallest absolute Gasteiger partial charge is 0.307 e. The molecule has 2 aromatic rings. The zero-order valence-corrected chi connectivity index (χ0v) is 19.4. The lowest BCUT2D eigenvalue weighted by atomic mass is 9.94. The second-order valence-electron chi connectivity index (χ2n) is 8.83. The molecule has 32 heavy (non-hydrogen) atoms. The lowest BCUT2D eigenvalue weighted by Gasteiger charge is -2.24. The molecule has 2 N–H and O–H groups in total. The molecule has 0 aliphatic rings. The second kappa shape index (κ2) is 12.0. The standard InChI is InChI=1S/C26H34N2O4/c1-26(2,3)32-22(29)18-21(17-11-14-19-12-7-5-8-13-19)24(30)28-23(25(31)27-4)20-15-9-6-10-16-20/h5-10,12-13,15-16,21,23H,11,14,17-18H2,1-4H3,(H,27,31)(H,28,30)/t21-,23+/m1/s1. The first-order valence-electron chi connectivity index (χ1n) is 11.0. The van der Waals surface area contributed by atoms with Gasteiger partial charge in [-0.05, 0) is 51.2 Å². The Hall–Kier alpha value is -3.15. The van der Waals surface area contributed by atoms with Crippen LogP contribution in [0.25, 0.3) is 0 Å². The van der Waals surface area contributed by atoms with Crippen molar-refractivity contribution < 1.29 is 19.1 Å². The minimum atomic E-state index is -0.830. The summed E-state index contributed by atoms with van der Waals surface area (Å²) in [6.45, 7) is 5.39. The van der Waals surface area contributed by atoms with Gasteiger partial charge in [-0.2, -0.15) is 0 Å². The third-order valence-electron chi connectivity index (χ3n) is 4.99. The number of carbonyl (C=O) groups is 3. The molecule has 0 aliphatic carbocycles. The molecular weight excluding hydrogens is 404 g/mol. The topological polar surface area (TPSA) is 84.5 Å². The molecule has 2 aromatic carbocycles. The van der Waals surface area contributed by atoms with Crippen molar-refractivity contribution in [2.75, 3.05) is 7.05 Å². The SMILES string of the molecule is CNC(=O)[C@@H](NC(=O)[C@H](CCCc1ccccc1)CC(=O)OC(C)(C)C)c1ccccc1. The predicted molar refractivity (Wildman–Crippen MR) is 125 cm³/mol. The fourth-order valence-corrected chi connectivity index (χ4v) is 3.46. The van der Waals surface area contributed by atoms with E-state index in [1.807, 2.05) is 48.5 Å². The van der Waals surface area contributed by atoms with Crippen LogP contribution in [0.3, 0.4) is 0 Å². The van der Waals surface area contributed by atoms with Crippen molar-refractivity contribution in [3.8, 4) is 0 Å². The highest BCUT2D eigenvalue weighted by Gasteiger charge is 2.29. The van der Waals surface area contributed by atoms with Gasteiger partial charge in [0.05, 0.1) is 6.42 Å². The Kier molecular flexibility index (Phi) is 9.44. The summed E-state index contributed by atoms with van der Waals surface area (Å²) in [7, 11) is 1.53. The molecule has 2 rings (SSSR count). The third kappa shape index (κ3) is 8.53. The van der Waals surface area contributed by atoms with Crippen LogP contribution < -0.4 is 10.6 Å². The van der Waals surface area contributed by atoms with Gasteiger partial charge in [0, 0.05) is 13.0 Å². The van der Waals surface area contributed by atoms with Gasteiger partial charge >= 0.3 is 5.97 Å². The van der Waals surface area contributed by atoms with E-state index < -0.39 is 23.5 Å². The molecule has 6 nitrogen and oxygen atoms in total. The molecule has 0 radical (unpaired) electrons. The summed E-state index contributed by atoms with van der Waals surface area (Å²) in [5.41, 5.74) is 1.23. The number of ether oxygens (including phenoxy) is 1. The van der Waals surface area contributed by atoms with Crippen molar-refractivity contribution in [3.05, 3.63) is 71.8 Å². The van der Waals surface area contributed by atoms with Crippen LogP contribution in [0.5, 0.6) is 0 Å². The highest BCUT2D eigenvalue weighted by molar-refractivity contribution is 5.90. The molecule has 0 fully saturated rings. The monoisotopic (exact) mass is 438 g/mol. The summed E-state index contributed by atoms with van der Waals surface area (Å²) in [6.07, 6.45) is 2.01. The van der Waals surface area contributed by atoms with Gasteiger partial charge in [-0.15, -0.1) is 0 Å². The van der Waals surface area contributed by atoms with Gasteiger partial charge < -0.3 is 15.4 Å². The number of amides is 2. The van der Waals surface area contributed by atoms with Crippen molar-refractivity contribution in [1.29, 1.82) is 0 Å². The maximum Gasteiger partial charge on any atom is 0.307 e. The van der Waals surface area contributed by atoms with Crippen molar-refractivity contribution in [1.82, 2.24) is 10.6 Å². The van der Waals surface area contributed by atoms with Crippen LogP contribution in [-0.2, 0) is 25.5 Å². The second-order valence-corrected chi connectivity index (χ2v) is 8.83. The zero-order valence-electron chi connectivity index (χ0n) is 19.4. The zero-order chi connectivity index (χ0) is 23.6. The number of benzene rings is 2. The molecule has 0 spiro atoms. The van der Waals surface area contributed by atoms with E-state index in [1.54, 1.807) is 32.9 Å². The molecule has 6 heteroatoms. The number of likely N-dealkylation sites (N-methyl/N-ethyl adjacent to an activating group) is 1. The molecule has 0 aliphatic heterocycles. The lowest BCUT2D eigenvalue weighted by molar-refractivity contribution is -0.157. The number of hydrogen-bond donors (Lipinski definition) is 2. The van der Waals surface area contributed by atoms with Crippen LogP contribution in [-0.4, -0.2) is 30.4 Å². The fourth-order valence-electron chi connectivity index (χ4n) is 3.46. The third-order valence-corrected chi connectivity index (χ3v) is 4.99. The molecule has 0 unspecified atom stereocenters. The largest absolute Gasteiger partial charge is 0.460 e. The quantitative estimate of drug-likeness (QED) is 0.550. The van der Waals surface area contributed by atoms with E-state index in [-0.39, 0.29) is 18.2 Å². The highest BCUT2D eigenvalue weighted by atomic mass is 16.6. The van der Waals surface area contributed by atoms with E-state index in [1.165, 1.54) is 12.6 Å². The van der Waals surface area contributed by atoms with E-state index in [2.05, 4.69) is 10.6 Å². The van der Waals surface area contributed by atoms with Gasteiger partial charge in [0.1, 0.15) is 11.6 Å². The number of aryl methyl sites for hydroxylation is 1. The highest BCUT2D eigenvalue weighted by Crippen LogP contribution is 2.20. The minimum absolute atomic E-state index is 0.0346. The summed E-state index contributed by atoms with van der Waals surface area (Å²) in [5, 5.41) is 5.44. The Morgan fingerprint density at radius 1 is 0.906 bits per heavy atom. The van der Waals surface area contributed by atoms with Crippen LogP contribution in [0.4, 0.5) is 0 Å². The van der Waals surface area contributed by atoms with Crippen LogP contribution in [0.2, 0.25) is 0 Å². The average molecular weight is 439 g/mol. The molecule has 172 valence electrons. The molecule has 0 aromatic heterocycles.